The molecule has 1 saturated heterocycles. The zero-order valence-corrected chi connectivity index (χ0v) is 26.5. The van der Waals surface area contributed by atoms with Crippen LogP contribution in [0, 0.1) is 11.7 Å². The second-order valence-electron chi connectivity index (χ2n) is 11.6. The maximum Gasteiger partial charge on any atom is 0.188 e. The lowest BCUT2D eigenvalue weighted by Crippen LogP contribution is -2.46. The van der Waals surface area contributed by atoms with Crippen LogP contribution in [0.15, 0.2) is 59.6 Å². The Morgan fingerprint density at radius 2 is 1.81 bits per heavy atom. The first kappa shape index (κ1) is 30.2. The van der Waals surface area contributed by atoms with Gasteiger partial charge < -0.3 is 14.2 Å². The third-order valence-corrected chi connectivity index (χ3v) is 9.29. The quantitative estimate of drug-likeness (QED) is 0.116. The topological polar surface area (TPSA) is 63.5 Å². The van der Waals surface area contributed by atoms with E-state index in [0.717, 1.165) is 68.4 Å². The minimum atomic E-state index is -0.465. The van der Waals surface area contributed by atoms with Gasteiger partial charge in [-0.05, 0) is 74.0 Å². The molecule has 0 spiro atoms. The van der Waals surface area contributed by atoms with E-state index in [1.54, 1.807) is 18.5 Å². The van der Waals surface area contributed by atoms with Crippen molar-refractivity contribution in [1.29, 1.82) is 0 Å². The molecule has 10 heteroatoms. The zero-order valence-electron chi connectivity index (χ0n) is 24.2. The third kappa shape index (κ3) is 7.45. The number of aromatic nitrogens is 3. The summed E-state index contributed by atoms with van der Waals surface area (Å²) < 4.78 is 24.6. The van der Waals surface area contributed by atoms with E-state index >= 15 is 4.39 Å². The molecule has 1 saturated carbocycles. The van der Waals surface area contributed by atoms with Crippen LogP contribution in [0.4, 0.5) is 10.1 Å². The number of carbonyl (C=O) groups excluding carboxylic acids is 1. The van der Waals surface area contributed by atoms with Crippen molar-refractivity contribution in [2.75, 3.05) is 50.8 Å². The molecule has 0 unspecified atom stereocenters. The molecule has 4 aromatic rings. The van der Waals surface area contributed by atoms with Crippen molar-refractivity contribution in [3.8, 4) is 0 Å². The van der Waals surface area contributed by atoms with Crippen LogP contribution in [0.25, 0.3) is 11.0 Å². The summed E-state index contributed by atoms with van der Waals surface area (Å²) in [5.41, 5.74) is 3.55. The number of ether oxygens (including phenoxy) is 1. The first-order valence-electron chi connectivity index (χ1n) is 15.0. The number of imidazole rings is 1. The Morgan fingerprint density at radius 1 is 1.05 bits per heavy atom. The van der Waals surface area contributed by atoms with Crippen molar-refractivity contribution < 1.29 is 13.9 Å². The minimum absolute atomic E-state index is 0.0644. The fourth-order valence-electron chi connectivity index (χ4n) is 5.74. The van der Waals surface area contributed by atoms with Crippen LogP contribution in [-0.4, -0.2) is 71.2 Å². The lowest BCUT2D eigenvalue weighted by molar-refractivity contribution is 0.0738. The fourth-order valence-corrected chi connectivity index (χ4v) is 6.48. The van der Waals surface area contributed by atoms with Crippen molar-refractivity contribution in [3.63, 3.8) is 0 Å². The summed E-state index contributed by atoms with van der Waals surface area (Å²) in [4.78, 5) is 26.9. The number of benzene rings is 2. The van der Waals surface area contributed by atoms with Gasteiger partial charge in [0.1, 0.15) is 12.1 Å². The molecule has 0 radical (unpaired) electrons. The largest absolute Gasteiger partial charge is 0.373 e. The number of piperazine rings is 1. The molecule has 43 heavy (non-hydrogen) atoms. The maximum atomic E-state index is 16.1. The zero-order chi connectivity index (χ0) is 29.8. The number of ketones is 1. The number of hydrogen-bond acceptors (Lipinski definition) is 6. The predicted octanol–water partition coefficient (Wildman–Crippen LogP) is 6.79. The summed E-state index contributed by atoms with van der Waals surface area (Å²) in [5, 5.41) is 0.515. The number of halogens is 3. The Hall–Kier alpha value is -2.85. The molecule has 0 bridgehead atoms. The first-order chi connectivity index (χ1) is 21.0. The van der Waals surface area contributed by atoms with Crippen LogP contribution in [-0.2, 0) is 17.7 Å². The van der Waals surface area contributed by atoms with Crippen LogP contribution >= 0.6 is 27.5 Å². The van der Waals surface area contributed by atoms with E-state index in [-0.39, 0.29) is 24.3 Å². The normalized spacial score (nSPS) is 15.8. The Kier molecular flexibility index (Phi) is 9.72. The van der Waals surface area contributed by atoms with Crippen LogP contribution in [0.1, 0.15) is 47.2 Å². The van der Waals surface area contributed by atoms with Gasteiger partial charge in [0.15, 0.2) is 11.6 Å². The van der Waals surface area contributed by atoms with E-state index in [2.05, 4.69) is 47.8 Å². The average Bonchev–Trinajstić information content (AvgIpc) is 3.76. The van der Waals surface area contributed by atoms with Crippen molar-refractivity contribution in [3.05, 3.63) is 87.1 Å². The SMILES string of the molecule is O=C(COCC1CC1)c1cc2c(ncn2CCCCN2CCN(c3ccncc3)CC2)c(F)c1Cc1ccc(Br)cc1Cl. The van der Waals surface area contributed by atoms with Crippen LogP contribution in [0.3, 0.4) is 0 Å². The molecule has 1 aliphatic carbocycles. The number of unbranched alkanes of at least 4 members (excludes halogenated alkanes) is 1. The van der Waals surface area contributed by atoms with Gasteiger partial charge in [-0.15, -0.1) is 0 Å². The Bertz CT molecular complexity index is 1570. The van der Waals surface area contributed by atoms with Gasteiger partial charge in [-0.3, -0.25) is 14.7 Å². The van der Waals surface area contributed by atoms with E-state index < -0.39 is 5.82 Å². The molecular weight excluding hydrogens is 633 g/mol. The van der Waals surface area contributed by atoms with Gasteiger partial charge in [-0.1, -0.05) is 33.6 Å². The van der Waals surface area contributed by atoms with Gasteiger partial charge in [0.2, 0.25) is 0 Å². The van der Waals surface area contributed by atoms with Gasteiger partial charge in [0.05, 0.1) is 18.5 Å². The smallest absolute Gasteiger partial charge is 0.188 e. The molecule has 7 nitrogen and oxygen atoms in total. The Balaban J connectivity index is 1.13. The number of Topliss-reactive ketones (excluding diaryl/α,β-unsaturated/α-hetero) is 1. The summed E-state index contributed by atoms with van der Waals surface area (Å²) >= 11 is 9.91. The number of hydrogen-bond donors (Lipinski definition) is 0. The second kappa shape index (κ2) is 13.8. The third-order valence-electron chi connectivity index (χ3n) is 8.45. The molecule has 2 fully saturated rings. The number of carbonyl (C=O) groups is 1. The van der Waals surface area contributed by atoms with E-state index in [1.165, 1.54) is 5.69 Å². The van der Waals surface area contributed by atoms with E-state index in [1.807, 2.05) is 29.1 Å². The minimum Gasteiger partial charge on any atom is -0.373 e. The highest BCUT2D eigenvalue weighted by molar-refractivity contribution is 9.10. The first-order valence-corrected chi connectivity index (χ1v) is 16.2. The molecule has 226 valence electrons. The van der Waals surface area contributed by atoms with Gasteiger partial charge in [0.25, 0.3) is 0 Å². The molecular formula is C33H36BrClFN5O2. The van der Waals surface area contributed by atoms with Crippen LogP contribution in [0.5, 0.6) is 0 Å². The van der Waals surface area contributed by atoms with Gasteiger partial charge in [-0.2, -0.15) is 0 Å². The highest BCUT2D eigenvalue weighted by Gasteiger charge is 2.25. The number of fused-ring (bicyclic) bond motifs is 1. The van der Waals surface area contributed by atoms with E-state index in [0.29, 0.717) is 40.7 Å². The van der Waals surface area contributed by atoms with Crippen molar-refractivity contribution in [2.45, 2.75) is 38.6 Å². The maximum absolute atomic E-state index is 16.1. The van der Waals surface area contributed by atoms with Crippen LogP contribution < -0.4 is 4.90 Å². The van der Waals surface area contributed by atoms with Gasteiger partial charge in [0, 0.05) is 77.8 Å². The number of aryl methyl sites for hydroxylation is 1. The highest BCUT2D eigenvalue weighted by atomic mass is 79.9. The average molecular weight is 669 g/mol. The molecule has 2 aromatic carbocycles. The molecule has 0 atom stereocenters. The van der Waals surface area contributed by atoms with E-state index in [4.69, 9.17) is 16.3 Å². The molecule has 1 aliphatic heterocycles. The highest BCUT2D eigenvalue weighted by Crippen LogP contribution is 2.31. The molecule has 0 N–H and O–H groups in total. The number of rotatable bonds is 13. The molecule has 0 amide bonds. The van der Waals surface area contributed by atoms with Crippen molar-refractivity contribution >= 4 is 50.0 Å². The van der Waals surface area contributed by atoms with Crippen molar-refractivity contribution in [2.24, 2.45) is 5.92 Å². The lowest BCUT2D eigenvalue weighted by atomic mass is 9.95. The lowest BCUT2D eigenvalue weighted by Gasteiger charge is -2.36. The molecule has 2 aromatic heterocycles. The molecule has 2 aliphatic rings. The number of nitrogens with zero attached hydrogens (tertiary/aromatic N) is 5. The molecule has 3 heterocycles. The summed E-state index contributed by atoms with van der Waals surface area (Å²) in [7, 11) is 0. The fraction of sp³-hybridized carbons (Fsp3) is 0.424. The monoisotopic (exact) mass is 667 g/mol. The van der Waals surface area contributed by atoms with Crippen molar-refractivity contribution in [1.82, 2.24) is 19.4 Å². The summed E-state index contributed by atoms with van der Waals surface area (Å²) in [6.45, 7) is 6.30. The number of pyridine rings is 1. The van der Waals surface area contributed by atoms with Crippen LogP contribution in [0.2, 0.25) is 5.02 Å². The van der Waals surface area contributed by atoms with E-state index in [9.17, 15) is 4.79 Å². The predicted molar refractivity (Wildman–Crippen MR) is 172 cm³/mol. The summed E-state index contributed by atoms with van der Waals surface area (Å²) in [5.74, 6) is -0.143. The van der Waals surface area contributed by atoms with Gasteiger partial charge >= 0.3 is 0 Å². The summed E-state index contributed by atoms with van der Waals surface area (Å²) in [6.07, 6.45) is 9.81. The molecule has 6 rings (SSSR count). The van der Waals surface area contributed by atoms with Gasteiger partial charge in [-0.25, -0.2) is 9.37 Å². The second-order valence-corrected chi connectivity index (χ2v) is 12.9. The Labute approximate surface area is 265 Å². The standard InChI is InChI=1S/C33H36BrClFN5O2/c34-25-6-5-24(29(35)18-25)17-28-27(31(42)21-43-20-23-3-4-23)19-30-33(32(28)36)38-22-41(30)12-2-1-11-39-13-15-40(16-14-39)26-7-9-37-10-8-26/h5-10,18-19,22-23H,1-4,11-17,20-21H2. The number of anilines is 1. The Morgan fingerprint density at radius 3 is 2.56 bits per heavy atom. The summed E-state index contributed by atoms with van der Waals surface area (Å²) in [6, 6.07) is 11.4.